The third kappa shape index (κ3) is 3.71. The lowest BCUT2D eigenvalue weighted by molar-refractivity contribution is 0.00109. The highest BCUT2D eigenvalue weighted by molar-refractivity contribution is 6.30. The monoisotopic (exact) mass is 267 g/mol. The quantitative estimate of drug-likeness (QED) is 0.876. The first-order valence-corrected chi connectivity index (χ1v) is 7.27. The zero-order valence-electron chi connectivity index (χ0n) is 11.0. The molecule has 1 aromatic rings. The van der Waals surface area contributed by atoms with E-state index in [4.69, 9.17) is 16.3 Å². The normalized spacial score (nSPS) is 18.8. The summed E-state index contributed by atoms with van der Waals surface area (Å²) in [5.41, 5.74) is 1.26. The molecule has 2 nitrogen and oxygen atoms in total. The highest BCUT2D eigenvalue weighted by atomic mass is 35.5. The van der Waals surface area contributed by atoms with Crippen molar-refractivity contribution in [3.05, 3.63) is 34.9 Å². The van der Waals surface area contributed by atoms with E-state index in [1.165, 1.54) is 18.4 Å². The summed E-state index contributed by atoms with van der Waals surface area (Å²) in [4.78, 5) is 0. The fourth-order valence-electron chi connectivity index (χ4n) is 2.55. The van der Waals surface area contributed by atoms with E-state index < -0.39 is 0 Å². The second-order valence-corrected chi connectivity index (χ2v) is 5.37. The van der Waals surface area contributed by atoms with E-state index in [1.54, 1.807) is 0 Å². The molecule has 3 heteroatoms. The standard InChI is InChI=1S/C15H22ClNO/c1-2-11-18-15(13-7-9-17-10-8-13)12-3-5-14(16)6-4-12/h3-6,13,15,17H,2,7-11H2,1H3/t15-/m0/s1. The van der Waals surface area contributed by atoms with Crippen LogP contribution in [0, 0.1) is 5.92 Å². The number of rotatable bonds is 5. The Morgan fingerprint density at radius 3 is 2.56 bits per heavy atom. The summed E-state index contributed by atoms with van der Waals surface area (Å²) < 4.78 is 6.09. The van der Waals surface area contributed by atoms with Gasteiger partial charge < -0.3 is 10.1 Å². The van der Waals surface area contributed by atoms with Crippen LogP contribution in [0.3, 0.4) is 0 Å². The fourth-order valence-corrected chi connectivity index (χ4v) is 2.67. The number of hydrogen-bond donors (Lipinski definition) is 1. The van der Waals surface area contributed by atoms with Gasteiger partial charge in [0.05, 0.1) is 6.10 Å². The zero-order valence-corrected chi connectivity index (χ0v) is 11.7. The van der Waals surface area contributed by atoms with Gasteiger partial charge in [0.15, 0.2) is 0 Å². The van der Waals surface area contributed by atoms with Crippen LogP contribution in [0.2, 0.25) is 5.02 Å². The maximum Gasteiger partial charge on any atom is 0.0854 e. The van der Waals surface area contributed by atoms with E-state index in [9.17, 15) is 0 Å². The molecule has 1 aliphatic rings. The Hall–Kier alpha value is -0.570. The summed E-state index contributed by atoms with van der Waals surface area (Å²) in [7, 11) is 0. The van der Waals surface area contributed by atoms with Crippen molar-refractivity contribution in [1.29, 1.82) is 0 Å². The number of nitrogens with one attached hydrogen (secondary N) is 1. The first-order chi connectivity index (χ1) is 8.81. The molecule has 0 spiro atoms. The largest absolute Gasteiger partial charge is 0.373 e. The van der Waals surface area contributed by atoms with Crippen molar-refractivity contribution in [2.75, 3.05) is 19.7 Å². The van der Waals surface area contributed by atoms with E-state index in [1.807, 2.05) is 12.1 Å². The van der Waals surface area contributed by atoms with Crippen molar-refractivity contribution in [3.8, 4) is 0 Å². The van der Waals surface area contributed by atoms with Gasteiger partial charge in [-0.05, 0) is 56.0 Å². The van der Waals surface area contributed by atoms with E-state index >= 15 is 0 Å². The minimum atomic E-state index is 0.226. The summed E-state index contributed by atoms with van der Waals surface area (Å²) in [6.07, 6.45) is 3.67. The van der Waals surface area contributed by atoms with Crippen LogP contribution in [-0.2, 0) is 4.74 Å². The summed E-state index contributed by atoms with van der Waals surface area (Å²) in [6.45, 7) is 5.19. The number of halogens is 1. The molecule has 0 amide bonds. The highest BCUT2D eigenvalue weighted by Gasteiger charge is 2.25. The second-order valence-electron chi connectivity index (χ2n) is 4.93. The molecule has 2 rings (SSSR count). The van der Waals surface area contributed by atoms with Gasteiger partial charge in [0.25, 0.3) is 0 Å². The molecule has 0 aliphatic carbocycles. The average molecular weight is 268 g/mol. The van der Waals surface area contributed by atoms with Gasteiger partial charge in [0.2, 0.25) is 0 Å². The molecule has 0 saturated carbocycles. The minimum absolute atomic E-state index is 0.226. The molecule has 0 aromatic heterocycles. The molecular weight excluding hydrogens is 246 g/mol. The van der Waals surface area contributed by atoms with Crippen molar-refractivity contribution in [2.24, 2.45) is 5.92 Å². The molecular formula is C15H22ClNO. The zero-order chi connectivity index (χ0) is 12.8. The molecule has 1 saturated heterocycles. The predicted molar refractivity (Wildman–Crippen MR) is 76.0 cm³/mol. The number of piperidine rings is 1. The van der Waals surface area contributed by atoms with Gasteiger partial charge in [0.1, 0.15) is 0 Å². The molecule has 1 atom stereocenters. The van der Waals surface area contributed by atoms with Crippen molar-refractivity contribution in [1.82, 2.24) is 5.32 Å². The van der Waals surface area contributed by atoms with Gasteiger partial charge in [-0.25, -0.2) is 0 Å². The van der Waals surface area contributed by atoms with Crippen molar-refractivity contribution in [3.63, 3.8) is 0 Å². The molecule has 1 fully saturated rings. The Labute approximate surface area is 115 Å². The molecule has 100 valence electrons. The maximum absolute atomic E-state index is 6.09. The second kappa shape index (κ2) is 7.13. The van der Waals surface area contributed by atoms with E-state index in [0.29, 0.717) is 5.92 Å². The van der Waals surface area contributed by atoms with E-state index in [0.717, 1.165) is 31.1 Å². The van der Waals surface area contributed by atoms with Gasteiger partial charge >= 0.3 is 0 Å². The molecule has 0 radical (unpaired) electrons. The van der Waals surface area contributed by atoms with Gasteiger partial charge in [-0.3, -0.25) is 0 Å². The number of hydrogen-bond acceptors (Lipinski definition) is 2. The van der Waals surface area contributed by atoms with Crippen molar-refractivity contribution >= 4 is 11.6 Å². The van der Waals surface area contributed by atoms with Gasteiger partial charge in [-0.1, -0.05) is 30.7 Å². The Kier molecular flexibility index (Phi) is 5.48. The molecule has 1 aliphatic heterocycles. The Bertz CT molecular complexity index is 346. The van der Waals surface area contributed by atoms with Crippen LogP contribution in [0.4, 0.5) is 0 Å². The maximum atomic E-state index is 6.09. The smallest absolute Gasteiger partial charge is 0.0854 e. The minimum Gasteiger partial charge on any atom is -0.373 e. The summed E-state index contributed by atoms with van der Waals surface area (Å²) in [6, 6.07) is 8.12. The first-order valence-electron chi connectivity index (χ1n) is 6.89. The van der Waals surface area contributed by atoms with Crippen molar-refractivity contribution < 1.29 is 4.74 Å². The first kappa shape index (κ1) is 13.9. The van der Waals surface area contributed by atoms with Crippen LogP contribution in [0.5, 0.6) is 0 Å². The molecule has 1 heterocycles. The Morgan fingerprint density at radius 2 is 1.94 bits per heavy atom. The number of ether oxygens (including phenoxy) is 1. The average Bonchev–Trinajstić information content (AvgIpc) is 2.42. The topological polar surface area (TPSA) is 21.3 Å². The van der Waals surface area contributed by atoms with Crippen LogP contribution in [-0.4, -0.2) is 19.7 Å². The lowest BCUT2D eigenvalue weighted by Crippen LogP contribution is -2.31. The third-order valence-corrected chi connectivity index (χ3v) is 3.76. The Balaban J connectivity index is 2.10. The SMILES string of the molecule is CCCO[C@@H](c1ccc(Cl)cc1)C1CCNCC1. The van der Waals surface area contributed by atoms with Gasteiger partial charge in [-0.15, -0.1) is 0 Å². The lowest BCUT2D eigenvalue weighted by atomic mass is 9.88. The highest BCUT2D eigenvalue weighted by Crippen LogP contribution is 2.32. The third-order valence-electron chi connectivity index (χ3n) is 3.51. The van der Waals surface area contributed by atoms with Crippen molar-refractivity contribution in [2.45, 2.75) is 32.3 Å². The fraction of sp³-hybridized carbons (Fsp3) is 0.600. The van der Waals surface area contributed by atoms with Crippen LogP contribution in [0.25, 0.3) is 0 Å². The number of benzene rings is 1. The molecule has 1 N–H and O–H groups in total. The summed E-state index contributed by atoms with van der Waals surface area (Å²) >= 11 is 5.96. The van der Waals surface area contributed by atoms with E-state index in [2.05, 4.69) is 24.4 Å². The van der Waals surface area contributed by atoms with Gasteiger partial charge in [-0.2, -0.15) is 0 Å². The van der Waals surface area contributed by atoms with Crippen LogP contribution in [0.1, 0.15) is 37.9 Å². The lowest BCUT2D eigenvalue weighted by Gasteiger charge is -2.31. The summed E-state index contributed by atoms with van der Waals surface area (Å²) in [5.74, 6) is 0.624. The van der Waals surface area contributed by atoms with Crippen LogP contribution in [0.15, 0.2) is 24.3 Å². The van der Waals surface area contributed by atoms with Crippen LogP contribution < -0.4 is 5.32 Å². The van der Waals surface area contributed by atoms with E-state index in [-0.39, 0.29) is 6.10 Å². The predicted octanol–water partition coefficient (Wildman–Crippen LogP) is 3.81. The molecule has 1 aromatic carbocycles. The molecule has 0 unspecified atom stereocenters. The molecule has 0 bridgehead atoms. The van der Waals surface area contributed by atoms with Gasteiger partial charge in [0, 0.05) is 11.6 Å². The summed E-state index contributed by atoms with van der Waals surface area (Å²) in [5, 5.41) is 4.20. The molecule has 18 heavy (non-hydrogen) atoms. The Morgan fingerprint density at radius 1 is 1.28 bits per heavy atom. The van der Waals surface area contributed by atoms with Crippen LogP contribution >= 0.6 is 11.6 Å².